The minimum Gasteiger partial charge on any atom is -0.356 e. The van der Waals surface area contributed by atoms with Crippen LogP contribution in [0.4, 0.5) is 0 Å². The van der Waals surface area contributed by atoms with Crippen molar-refractivity contribution in [3.8, 4) is 5.69 Å². The van der Waals surface area contributed by atoms with Crippen molar-refractivity contribution in [1.29, 1.82) is 0 Å². The fourth-order valence-corrected chi connectivity index (χ4v) is 4.33. The number of para-hydroxylation sites is 1. The van der Waals surface area contributed by atoms with E-state index in [1.54, 1.807) is 0 Å². The van der Waals surface area contributed by atoms with Crippen molar-refractivity contribution in [3.63, 3.8) is 0 Å². The van der Waals surface area contributed by atoms with Crippen molar-refractivity contribution in [1.82, 2.24) is 25.3 Å². The molecular weight excluding hydrogens is 523 g/mol. The largest absolute Gasteiger partial charge is 0.356 e. The number of rotatable bonds is 7. The molecular formula is C26H35IN6. The highest BCUT2D eigenvalue weighted by molar-refractivity contribution is 14.0. The van der Waals surface area contributed by atoms with Crippen LogP contribution >= 0.6 is 24.0 Å². The average Bonchev–Trinajstić information content (AvgIpc) is 3.30. The maximum atomic E-state index is 4.48. The highest BCUT2D eigenvalue weighted by Gasteiger charge is 2.25. The Kier molecular flexibility index (Phi) is 9.75. The summed E-state index contributed by atoms with van der Waals surface area (Å²) >= 11 is 0. The zero-order valence-corrected chi connectivity index (χ0v) is 21.9. The van der Waals surface area contributed by atoms with Gasteiger partial charge in [0.05, 0.1) is 11.9 Å². The molecule has 2 heterocycles. The van der Waals surface area contributed by atoms with Crippen molar-refractivity contribution >= 4 is 29.9 Å². The molecule has 1 fully saturated rings. The number of aromatic nitrogens is 2. The van der Waals surface area contributed by atoms with Gasteiger partial charge >= 0.3 is 0 Å². The molecule has 0 radical (unpaired) electrons. The van der Waals surface area contributed by atoms with Gasteiger partial charge in [-0.05, 0) is 49.4 Å². The summed E-state index contributed by atoms with van der Waals surface area (Å²) in [6, 6.07) is 21.9. The second kappa shape index (κ2) is 12.7. The summed E-state index contributed by atoms with van der Waals surface area (Å²) in [5, 5.41) is 11.6. The van der Waals surface area contributed by atoms with Crippen molar-refractivity contribution < 1.29 is 0 Å². The lowest BCUT2D eigenvalue weighted by Gasteiger charge is -2.38. The summed E-state index contributed by atoms with van der Waals surface area (Å²) in [7, 11) is 1.84. The number of hydrogen-bond donors (Lipinski definition) is 2. The highest BCUT2D eigenvalue weighted by Crippen LogP contribution is 2.20. The van der Waals surface area contributed by atoms with E-state index in [1.807, 2.05) is 36.1 Å². The molecule has 33 heavy (non-hydrogen) atoms. The molecule has 7 heteroatoms. The Hall–Kier alpha value is -2.39. The normalized spacial score (nSPS) is 19.0. The van der Waals surface area contributed by atoms with Crippen molar-refractivity contribution in [3.05, 3.63) is 84.2 Å². The van der Waals surface area contributed by atoms with Gasteiger partial charge in [0.2, 0.25) is 0 Å². The van der Waals surface area contributed by atoms with Gasteiger partial charge in [0.15, 0.2) is 5.96 Å². The van der Waals surface area contributed by atoms with Gasteiger partial charge in [0.25, 0.3) is 0 Å². The second-order valence-electron chi connectivity index (χ2n) is 8.55. The topological polar surface area (TPSA) is 57.5 Å². The summed E-state index contributed by atoms with van der Waals surface area (Å²) in [4.78, 5) is 7.02. The van der Waals surface area contributed by atoms with E-state index in [-0.39, 0.29) is 24.0 Å². The molecule has 0 spiro atoms. The summed E-state index contributed by atoms with van der Waals surface area (Å²) < 4.78 is 1.92. The molecule has 1 aromatic heterocycles. The Morgan fingerprint density at radius 3 is 2.48 bits per heavy atom. The molecule has 2 aromatic carbocycles. The van der Waals surface area contributed by atoms with Gasteiger partial charge < -0.3 is 10.6 Å². The van der Waals surface area contributed by atoms with Crippen LogP contribution in [0.25, 0.3) is 5.69 Å². The Morgan fingerprint density at radius 1 is 1.06 bits per heavy atom. The molecule has 1 saturated heterocycles. The number of hydrogen-bond acceptors (Lipinski definition) is 3. The zero-order valence-electron chi connectivity index (χ0n) is 19.5. The first kappa shape index (κ1) is 25.2. The first-order valence-electron chi connectivity index (χ1n) is 11.6. The van der Waals surface area contributed by atoms with Gasteiger partial charge in [-0.25, -0.2) is 4.68 Å². The molecule has 0 saturated carbocycles. The molecule has 4 rings (SSSR count). The molecule has 0 amide bonds. The molecule has 6 nitrogen and oxygen atoms in total. The smallest absolute Gasteiger partial charge is 0.191 e. The SMILES string of the molecule is CN=C(NCCc1cnn(-c2ccccc2)c1)NC1CCN(Cc2ccccc2)C(C)C1.I. The number of likely N-dealkylation sites (tertiary alicyclic amines) is 1. The minimum atomic E-state index is 0. The predicted octanol–water partition coefficient (Wildman–Crippen LogP) is 4.25. The third-order valence-electron chi connectivity index (χ3n) is 6.17. The van der Waals surface area contributed by atoms with Gasteiger partial charge in [-0.3, -0.25) is 9.89 Å². The van der Waals surface area contributed by atoms with Crippen molar-refractivity contribution in [2.75, 3.05) is 20.1 Å². The van der Waals surface area contributed by atoms with Crippen LogP contribution in [0.15, 0.2) is 78.0 Å². The van der Waals surface area contributed by atoms with E-state index in [2.05, 4.69) is 81.2 Å². The third-order valence-corrected chi connectivity index (χ3v) is 6.17. The Morgan fingerprint density at radius 2 is 1.79 bits per heavy atom. The number of benzene rings is 2. The summed E-state index contributed by atoms with van der Waals surface area (Å²) in [6.07, 6.45) is 7.19. The van der Waals surface area contributed by atoms with E-state index in [4.69, 9.17) is 0 Å². The maximum absolute atomic E-state index is 4.48. The van der Waals surface area contributed by atoms with Crippen molar-refractivity contribution in [2.45, 2.75) is 44.8 Å². The molecule has 0 bridgehead atoms. The molecule has 2 unspecified atom stereocenters. The lowest BCUT2D eigenvalue weighted by Crippen LogP contribution is -2.51. The molecule has 176 valence electrons. The first-order valence-corrected chi connectivity index (χ1v) is 11.6. The lowest BCUT2D eigenvalue weighted by molar-refractivity contribution is 0.134. The molecule has 2 atom stereocenters. The number of nitrogens with zero attached hydrogens (tertiary/aromatic N) is 4. The zero-order chi connectivity index (χ0) is 22.2. The van der Waals surface area contributed by atoms with E-state index in [1.165, 1.54) is 11.1 Å². The fraction of sp³-hybridized carbons (Fsp3) is 0.385. The average molecular weight is 559 g/mol. The number of halogens is 1. The molecule has 0 aliphatic carbocycles. The number of aliphatic imine (C=N–C) groups is 1. The molecule has 1 aliphatic rings. The number of guanidine groups is 1. The Balaban J connectivity index is 0.00000306. The van der Waals surface area contributed by atoms with Gasteiger partial charge in [0.1, 0.15) is 0 Å². The van der Waals surface area contributed by atoms with E-state index in [0.717, 1.165) is 50.5 Å². The second-order valence-corrected chi connectivity index (χ2v) is 8.55. The van der Waals surface area contributed by atoms with Gasteiger partial charge in [-0.15, -0.1) is 24.0 Å². The van der Waals surface area contributed by atoms with Crippen LogP contribution in [0.2, 0.25) is 0 Å². The van der Waals surface area contributed by atoms with E-state index < -0.39 is 0 Å². The van der Waals surface area contributed by atoms with Crippen LogP contribution in [-0.4, -0.2) is 52.9 Å². The van der Waals surface area contributed by atoms with Crippen LogP contribution in [0.3, 0.4) is 0 Å². The fourth-order valence-electron chi connectivity index (χ4n) is 4.33. The summed E-state index contributed by atoms with van der Waals surface area (Å²) in [5.74, 6) is 0.883. The van der Waals surface area contributed by atoms with E-state index >= 15 is 0 Å². The van der Waals surface area contributed by atoms with E-state index in [0.29, 0.717) is 12.1 Å². The lowest BCUT2D eigenvalue weighted by atomic mass is 9.97. The number of piperidine rings is 1. The van der Waals surface area contributed by atoms with Crippen LogP contribution in [0.1, 0.15) is 30.9 Å². The summed E-state index contributed by atoms with van der Waals surface area (Å²) in [5.41, 5.74) is 3.68. The van der Waals surface area contributed by atoms with Crippen LogP contribution in [0.5, 0.6) is 0 Å². The van der Waals surface area contributed by atoms with Crippen LogP contribution < -0.4 is 10.6 Å². The molecule has 1 aliphatic heterocycles. The molecule has 2 N–H and O–H groups in total. The standard InChI is InChI=1S/C26H34N6.HI/c1-21-17-24(14-16-31(21)19-22-9-5-3-6-10-22)30-26(27-2)28-15-13-23-18-29-32(20-23)25-11-7-4-8-12-25;/h3-12,18,20-21,24H,13-17,19H2,1-2H3,(H2,27,28,30);1H. The molecule has 3 aromatic rings. The van der Waals surface area contributed by atoms with Crippen LogP contribution in [-0.2, 0) is 13.0 Å². The first-order chi connectivity index (χ1) is 15.7. The Bertz CT molecular complexity index is 988. The van der Waals surface area contributed by atoms with Gasteiger partial charge in [-0.2, -0.15) is 5.10 Å². The van der Waals surface area contributed by atoms with E-state index in [9.17, 15) is 0 Å². The monoisotopic (exact) mass is 558 g/mol. The number of nitrogens with one attached hydrogen (secondary N) is 2. The predicted molar refractivity (Wildman–Crippen MR) is 147 cm³/mol. The third kappa shape index (κ3) is 7.30. The maximum Gasteiger partial charge on any atom is 0.191 e. The minimum absolute atomic E-state index is 0. The quantitative estimate of drug-likeness (QED) is 0.259. The van der Waals surface area contributed by atoms with Crippen LogP contribution in [0, 0.1) is 0 Å². The Labute approximate surface area is 214 Å². The highest BCUT2D eigenvalue weighted by atomic mass is 127. The van der Waals surface area contributed by atoms with Crippen molar-refractivity contribution in [2.24, 2.45) is 4.99 Å². The van der Waals surface area contributed by atoms with Gasteiger partial charge in [0, 0.05) is 45.0 Å². The van der Waals surface area contributed by atoms with Gasteiger partial charge in [-0.1, -0.05) is 48.5 Å². The summed E-state index contributed by atoms with van der Waals surface area (Å²) in [6.45, 7) is 5.28.